The van der Waals surface area contributed by atoms with Gasteiger partial charge in [0.05, 0.1) is 11.4 Å². The van der Waals surface area contributed by atoms with E-state index in [-0.39, 0.29) is 35.1 Å². The molecule has 10 N–H and O–H groups in total. The van der Waals surface area contributed by atoms with E-state index in [2.05, 4.69) is 20.6 Å². The number of amides is 1. The highest BCUT2D eigenvalue weighted by molar-refractivity contribution is 6.31. The van der Waals surface area contributed by atoms with Crippen LogP contribution in [0.5, 0.6) is 0 Å². The quantitative estimate of drug-likeness (QED) is 0.158. The summed E-state index contributed by atoms with van der Waals surface area (Å²) >= 11 is 5.75. The Balaban J connectivity index is 1.30. The maximum atomic E-state index is 13.4. The summed E-state index contributed by atoms with van der Waals surface area (Å²) < 4.78 is 13.4. The van der Waals surface area contributed by atoms with Gasteiger partial charge in [0.15, 0.2) is 5.78 Å². The molecule has 3 aromatic rings. The number of nitrogens with zero attached hydrogens (tertiary/aromatic N) is 5. The molecule has 0 aliphatic carbocycles. The number of nitrogens with two attached hydrogens (primary N) is 4. The van der Waals surface area contributed by atoms with Crippen LogP contribution in [0.2, 0.25) is 5.02 Å². The molecule has 0 unspecified atom stereocenters. The molecule has 15 heteroatoms. The molecule has 2 fully saturated rings. The largest absolute Gasteiger partial charge is 0.338 e. The number of rotatable bonds is 8. The molecule has 228 valence electrons. The van der Waals surface area contributed by atoms with Gasteiger partial charge >= 0.3 is 0 Å². The monoisotopic (exact) mass is 611 g/mol. The van der Waals surface area contributed by atoms with Crippen LogP contribution in [0.25, 0.3) is 0 Å². The number of hydrogen-bond donors (Lipinski definition) is 6. The van der Waals surface area contributed by atoms with Gasteiger partial charge in [-0.05, 0) is 55.3 Å². The lowest BCUT2D eigenvalue weighted by atomic mass is 10.0. The molecule has 2 aliphatic rings. The van der Waals surface area contributed by atoms with Gasteiger partial charge < -0.3 is 43.4 Å². The maximum Gasteiger partial charge on any atom is 0.233 e. The minimum atomic E-state index is -0.603. The van der Waals surface area contributed by atoms with Crippen molar-refractivity contribution in [1.29, 1.82) is 0 Å². The molecule has 0 bridgehead atoms. The Morgan fingerprint density at radius 3 is 1.84 bits per heavy atom. The van der Waals surface area contributed by atoms with Crippen LogP contribution in [-0.4, -0.2) is 77.0 Å². The van der Waals surface area contributed by atoms with Gasteiger partial charge in [0, 0.05) is 67.3 Å². The van der Waals surface area contributed by atoms with Gasteiger partial charge in [-0.3, -0.25) is 9.59 Å². The SMILES string of the molecule is N[C@@H]1C[C@H](N)CN(c2nc(Nc3ccc(C(=O)CC(=O)Nc4ccc(F)c(Cl)c4)cc3)nc(N3C[C@H](N)C[C@H](N)C3)n2)C1. The van der Waals surface area contributed by atoms with Crippen LogP contribution in [0.3, 0.4) is 0 Å². The lowest BCUT2D eigenvalue weighted by Crippen LogP contribution is -2.54. The number of Topliss-reactive ketones (excluding diaryl/α,β-unsaturated/α-hetero) is 1. The van der Waals surface area contributed by atoms with Crippen LogP contribution >= 0.6 is 11.6 Å². The third kappa shape index (κ3) is 7.91. The van der Waals surface area contributed by atoms with E-state index >= 15 is 0 Å². The molecule has 2 aromatic carbocycles. The zero-order chi connectivity index (χ0) is 30.7. The van der Waals surface area contributed by atoms with Crippen molar-refractivity contribution in [2.45, 2.75) is 43.4 Å². The number of anilines is 5. The van der Waals surface area contributed by atoms with Gasteiger partial charge in [0.1, 0.15) is 5.82 Å². The van der Waals surface area contributed by atoms with Gasteiger partial charge in [-0.2, -0.15) is 15.0 Å². The number of ketones is 1. The van der Waals surface area contributed by atoms with Gasteiger partial charge in [-0.15, -0.1) is 0 Å². The Morgan fingerprint density at radius 2 is 1.33 bits per heavy atom. The molecule has 2 saturated heterocycles. The molecule has 1 amide bonds. The number of piperidine rings is 2. The molecule has 3 heterocycles. The van der Waals surface area contributed by atoms with E-state index in [1.807, 2.05) is 9.80 Å². The number of carbonyl (C=O) groups is 2. The fourth-order valence-electron chi connectivity index (χ4n) is 5.27. The summed E-state index contributed by atoms with van der Waals surface area (Å²) in [5, 5.41) is 5.60. The minimum absolute atomic E-state index is 0.113. The van der Waals surface area contributed by atoms with Gasteiger partial charge in [-0.1, -0.05) is 11.6 Å². The average Bonchev–Trinajstić information content (AvgIpc) is 2.94. The Morgan fingerprint density at radius 1 is 0.814 bits per heavy atom. The van der Waals surface area contributed by atoms with Gasteiger partial charge in [-0.25, -0.2) is 4.39 Å². The molecule has 4 atom stereocenters. The van der Waals surface area contributed by atoms with Crippen molar-refractivity contribution < 1.29 is 14.0 Å². The fourth-order valence-corrected chi connectivity index (χ4v) is 5.45. The second-order valence-corrected chi connectivity index (χ2v) is 11.5. The first-order valence-electron chi connectivity index (χ1n) is 14.0. The molecular weight excluding hydrogens is 577 g/mol. The highest BCUT2D eigenvalue weighted by Crippen LogP contribution is 2.24. The topological polar surface area (TPSA) is 207 Å². The Kier molecular flexibility index (Phi) is 9.32. The van der Waals surface area contributed by atoms with E-state index in [4.69, 9.17) is 39.5 Å². The average molecular weight is 612 g/mol. The van der Waals surface area contributed by atoms with Crippen molar-refractivity contribution in [3.63, 3.8) is 0 Å². The molecular formula is C28H35ClFN11O2. The van der Waals surface area contributed by atoms with Crippen LogP contribution in [-0.2, 0) is 4.79 Å². The Hall–Kier alpha value is -3.95. The van der Waals surface area contributed by atoms with Crippen LogP contribution in [0, 0.1) is 5.82 Å². The van der Waals surface area contributed by atoms with E-state index in [1.54, 1.807) is 24.3 Å². The zero-order valence-corrected chi connectivity index (χ0v) is 24.2. The summed E-state index contributed by atoms with van der Waals surface area (Å²) in [7, 11) is 0. The van der Waals surface area contributed by atoms with Crippen molar-refractivity contribution in [3.8, 4) is 0 Å². The van der Waals surface area contributed by atoms with E-state index in [0.717, 1.165) is 6.07 Å². The minimum Gasteiger partial charge on any atom is -0.338 e. The Bertz CT molecular complexity index is 1410. The molecule has 0 radical (unpaired) electrons. The van der Waals surface area contributed by atoms with Crippen molar-refractivity contribution in [3.05, 3.63) is 58.9 Å². The predicted octanol–water partition coefficient (Wildman–Crippen LogP) is 1.35. The van der Waals surface area contributed by atoms with E-state index < -0.39 is 23.9 Å². The lowest BCUT2D eigenvalue weighted by Gasteiger charge is -2.37. The number of hydrogen-bond acceptors (Lipinski definition) is 12. The first kappa shape index (κ1) is 30.5. The molecule has 5 rings (SSSR count). The molecule has 43 heavy (non-hydrogen) atoms. The van der Waals surface area contributed by atoms with Crippen LogP contribution in [0.15, 0.2) is 42.5 Å². The first-order valence-corrected chi connectivity index (χ1v) is 14.3. The standard InChI is InChI=1S/C28H35ClFN11O2/c29-22-9-21(5-6-23(22)30)35-25(43)10-24(42)15-1-3-20(4-2-15)36-26-37-27(40-11-16(31)7-17(32)12-40)39-28(38-26)41-13-18(33)8-19(34)14-41/h1-6,9,16-19H,7-8,10-14,31-34H2,(H,35,43)(H,36,37,38,39)/t16-,17+,18-,19+. The summed E-state index contributed by atoms with van der Waals surface area (Å²) in [4.78, 5) is 43.0. The molecule has 2 aliphatic heterocycles. The highest BCUT2D eigenvalue weighted by atomic mass is 35.5. The van der Waals surface area contributed by atoms with Gasteiger partial charge in [0.25, 0.3) is 0 Å². The number of halogens is 2. The molecule has 0 spiro atoms. The fraction of sp³-hybridized carbons (Fsp3) is 0.393. The third-order valence-corrected chi connectivity index (χ3v) is 7.49. The summed E-state index contributed by atoms with van der Waals surface area (Å²) in [6.07, 6.45) is 1.02. The van der Waals surface area contributed by atoms with Crippen LogP contribution < -0.4 is 43.4 Å². The number of carbonyl (C=O) groups excluding carboxylic acids is 2. The van der Waals surface area contributed by atoms with Crippen molar-refractivity contribution >= 4 is 52.5 Å². The van der Waals surface area contributed by atoms with Crippen LogP contribution in [0.4, 0.5) is 33.6 Å². The van der Waals surface area contributed by atoms with Crippen molar-refractivity contribution in [2.24, 2.45) is 22.9 Å². The van der Waals surface area contributed by atoms with E-state index in [0.29, 0.717) is 67.9 Å². The third-order valence-electron chi connectivity index (χ3n) is 7.20. The lowest BCUT2D eigenvalue weighted by molar-refractivity contribution is -0.115. The molecule has 1 aromatic heterocycles. The number of nitrogens with one attached hydrogen (secondary N) is 2. The van der Waals surface area contributed by atoms with E-state index in [1.165, 1.54) is 12.1 Å². The van der Waals surface area contributed by atoms with Crippen LogP contribution in [0.1, 0.15) is 29.6 Å². The van der Waals surface area contributed by atoms with E-state index in [9.17, 15) is 14.0 Å². The maximum absolute atomic E-state index is 13.4. The van der Waals surface area contributed by atoms with Crippen molar-refractivity contribution in [2.75, 3.05) is 46.6 Å². The second kappa shape index (κ2) is 13.1. The summed E-state index contributed by atoms with van der Waals surface area (Å²) in [6, 6.07) is 9.90. The zero-order valence-electron chi connectivity index (χ0n) is 23.4. The second-order valence-electron chi connectivity index (χ2n) is 11.1. The summed E-state index contributed by atoms with van der Waals surface area (Å²) in [5.74, 6) is -0.380. The molecule has 13 nitrogen and oxygen atoms in total. The molecule has 0 saturated carbocycles. The summed E-state index contributed by atoms with van der Waals surface area (Å²) in [6.45, 7) is 2.20. The smallest absolute Gasteiger partial charge is 0.233 e. The first-order chi connectivity index (χ1) is 20.5. The predicted molar refractivity (Wildman–Crippen MR) is 164 cm³/mol. The van der Waals surface area contributed by atoms with Gasteiger partial charge in [0.2, 0.25) is 23.8 Å². The summed E-state index contributed by atoms with van der Waals surface area (Å²) in [5.41, 5.74) is 26.2. The Labute approximate surface area is 253 Å². The number of aromatic nitrogens is 3. The normalized spacial score (nSPS) is 22.3. The van der Waals surface area contributed by atoms with Crippen molar-refractivity contribution in [1.82, 2.24) is 15.0 Å². The number of benzene rings is 2. The highest BCUT2D eigenvalue weighted by Gasteiger charge is 2.29.